The zero-order valence-corrected chi connectivity index (χ0v) is 15.2. The summed E-state index contributed by atoms with van der Waals surface area (Å²) in [6.45, 7) is 3.05. The van der Waals surface area contributed by atoms with Gasteiger partial charge in [0.2, 0.25) is 11.8 Å². The number of methoxy groups -OCH3 is 1. The number of rotatable bonds is 6. The van der Waals surface area contributed by atoms with Gasteiger partial charge in [-0.15, -0.1) is 0 Å². The van der Waals surface area contributed by atoms with E-state index in [-0.39, 0.29) is 24.2 Å². The maximum absolute atomic E-state index is 12.7. The molecule has 142 valence electrons. The first-order valence-corrected chi connectivity index (χ1v) is 8.60. The van der Waals surface area contributed by atoms with Gasteiger partial charge in [-0.3, -0.25) is 9.59 Å². The van der Waals surface area contributed by atoms with Crippen LogP contribution in [0, 0.1) is 0 Å². The van der Waals surface area contributed by atoms with E-state index in [9.17, 15) is 9.59 Å². The molecule has 1 aromatic carbocycles. The summed E-state index contributed by atoms with van der Waals surface area (Å²) in [5.74, 6) is 0.827. The number of amides is 2. The van der Waals surface area contributed by atoms with E-state index in [4.69, 9.17) is 14.2 Å². The lowest BCUT2D eigenvalue weighted by atomic mass is 10.2. The lowest BCUT2D eigenvalue weighted by Crippen LogP contribution is -2.38. The van der Waals surface area contributed by atoms with E-state index in [0.29, 0.717) is 42.5 Å². The fourth-order valence-electron chi connectivity index (χ4n) is 2.71. The maximum Gasteiger partial charge on any atom is 0.259 e. The Morgan fingerprint density at radius 3 is 2.74 bits per heavy atom. The number of nitrogens with one attached hydrogen (secondary N) is 1. The number of anilines is 1. The van der Waals surface area contributed by atoms with E-state index in [2.05, 4.69) is 10.3 Å². The third-order valence-corrected chi connectivity index (χ3v) is 4.02. The van der Waals surface area contributed by atoms with E-state index in [1.165, 1.54) is 12.0 Å². The van der Waals surface area contributed by atoms with Crippen LogP contribution in [0.5, 0.6) is 17.4 Å². The highest BCUT2D eigenvalue weighted by atomic mass is 16.6. The van der Waals surface area contributed by atoms with Gasteiger partial charge in [0.05, 0.1) is 7.11 Å². The Morgan fingerprint density at radius 2 is 2.00 bits per heavy atom. The molecule has 0 saturated heterocycles. The van der Waals surface area contributed by atoms with Gasteiger partial charge >= 0.3 is 0 Å². The quantitative estimate of drug-likeness (QED) is 0.835. The number of nitrogens with zero attached hydrogens (tertiary/aromatic N) is 2. The summed E-state index contributed by atoms with van der Waals surface area (Å²) < 4.78 is 16.1. The van der Waals surface area contributed by atoms with Crippen molar-refractivity contribution >= 4 is 17.5 Å². The van der Waals surface area contributed by atoms with Crippen LogP contribution in [-0.2, 0) is 4.79 Å². The fraction of sp³-hybridized carbons (Fsp3) is 0.316. The second-order valence-corrected chi connectivity index (χ2v) is 5.79. The van der Waals surface area contributed by atoms with Crippen molar-refractivity contribution < 1.29 is 23.8 Å². The molecule has 0 radical (unpaired) electrons. The first kappa shape index (κ1) is 18.5. The summed E-state index contributed by atoms with van der Waals surface area (Å²) in [6.07, 6.45) is 1.54. The Kier molecular flexibility index (Phi) is 5.75. The van der Waals surface area contributed by atoms with Gasteiger partial charge in [0.1, 0.15) is 25.3 Å². The monoisotopic (exact) mass is 371 g/mol. The van der Waals surface area contributed by atoms with Gasteiger partial charge in [0.25, 0.3) is 5.91 Å². The average molecular weight is 371 g/mol. The molecular weight excluding hydrogens is 350 g/mol. The van der Waals surface area contributed by atoms with Crippen LogP contribution in [0.25, 0.3) is 0 Å². The van der Waals surface area contributed by atoms with Gasteiger partial charge in [-0.1, -0.05) is 0 Å². The standard InChI is InChI=1S/C19H21N3O5/c1-3-22(19(24)14-5-4-8-20-18(14)25-2)12-17(23)21-13-6-7-15-16(11-13)27-10-9-26-15/h4-8,11H,3,9-10,12H2,1-2H3,(H,21,23). The number of carbonyl (C=O) groups is 2. The molecule has 2 amide bonds. The molecule has 0 aliphatic carbocycles. The summed E-state index contributed by atoms with van der Waals surface area (Å²) in [6, 6.07) is 8.45. The van der Waals surface area contributed by atoms with E-state index < -0.39 is 0 Å². The van der Waals surface area contributed by atoms with E-state index >= 15 is 0 Å². The van der Waals surface area contributed by atoms with Gasteiger partial charge in [-0.25, -0.2) is 4.98 Å². The van der Waals surface area contributed by atoms with Crippen molar-refractivity contribution in [2.24, 2.45) is 0 Å². The highest BCUT2D eigenvalue weighted by Crippen LogP contribution is 2.32. The van der Waals surface area contributed by atoms with Crippen molar-refractivity contribution in [3.05, 3.63) is 42.1 Å². The molecule has 0 fully saturated rings. The molecule has 0 saturated carbocycles. The van der Waals surface area contributed by atoms with Gasteiger partial charge in [-0.05, 0) is 31.2 Å². The summed E-state index contributed by atoms with van der Waals surface area (Å²) >= 11 is 0. The van der Waals surface area contributed by atoms with Gasteiger partial charge in [0, 0.05) is 24.5 Å². The molecule has 0 bridgehead atoms. The second kappa shape index (κ2) is 8.39. The molecule has 2 heterocycles. The van der Waals surface area contributed by atoms with Crippen molar-refractivity contribution in [3.8, 4) is 17.4 Å². The summed E-state index contributed by atoms with van der Waals surface area (Å²) in [5, 5.41) is 2.78. The molecular formula is C19H21N3O5. The van der Waals surface area contributed by atoms with Crippen LogP contribution in [0.15, 0.2) is 36.5 Å². The minimum atomic E-state index is -0.320. The molecule has 0 unspecified atom stereocenters. The molecule has 0 spiro atoms. The van der Waals surface area contributed by atoms with Crippen molar-refractivity contribution in [2.45, 2.75) is 6.92 Å². The van der Waals surface area contributed by atoms with Crippen molar-refractivity contribution in [2.75, 3.05) is 38.7 Å². The van der Waals surface area contributed by atoms with E-state index in [0.717, 1.165) is 0 Å². The predicted octanol–water partition coefficient (Wildman–Crippen LogP) is 1.96. The van der Waals surface area contributed by atoms with Crippen LogP contribution >= 0.6 is 0 Å². The van der Waals surface area contributed by atoms with Crippen molar-refractivity contribution in [3.63, 3.8) is 0 Å². The number of pyridine rings is 1. The Bertz CT molecular complexity index is 840. The molecule has 0 atom stereocenters. The Balaban J connectivity index is 1.67. The number of hydrogen-bond acceptors (Lipinski definition) is 6. The maximum atomic E-state index is 12.7. The smallest absolute Gasteiger partial charge is 0.259 e. The zero-order valence-electron chi connectivity index (χ0n) is 15.2. The average Bonchev–Trinajstić information content (AvgIpc) is 2.71. The molecule has 1 aliphatic heterocycles. The lowest BCUT2D eigenvalue weighted by Gasteiger charge is -2.22. The molecule has 1 aromatic heterocycles. The normalized spacial score (nSPS) is 12.2. The second-order valence-electron chi connectivity index (χ2n) is 5.79. The Morgan fingerprint density at radius 1 is 1.22 bits per heavy atom. The molecule has 3 rings (SSSR count). The van der Waals surface area contributed by atoms with Crippen molar-refractivity contribution in [1.82, 2.24) is 9.88 Å². The first-order chi connectivity index (χ1) is 13.1. The highest BCUT2D eigenvalue weighted by molar-refractivity contribution is 6.00. The number of benzene rings is 1. The number of fused-ring (bicyclic) bond motifs is 1. The fourth-order valence-corrected chi connectivity index (χ4v) is 2.71. The molecule has 8 heteroatoms. The van der Waals surface area contributed by atoms with Crippen LogP contribution in [0.3, 0.4) is 0 Å². The van der Waals surface area contributed by atoms with Crippen LogP contribution < -0.4 is 19.5 Å². The van der Waals surface area contributed by atoms with Gasteiger partial charge in [0.15, 0.2) is 11.5 Å². The molecule has 2 aromatic rings. The number of aromatic nitrogens is 1. The SMILES string of the molecule is CCN(CC(=O)Nc1ccc2c(c1)OCCO2)C(=O)c1cccnc1OC. The van der Waals surface area contributed by atoms with Crippen LogP contribution in [0.2, 0.25) is 0 Å². The summed E-state index contributed by atoms with van der Waals surface area (Å²) in [7, 11) is 1.45. The third-order valence-electron chi connectivity index (χ3n) is 4.02. The van der Waals surface area contributed by atoms with Gasteiger partial charge < -0.3 is 24.4 Å². The van der Waals surface area contributed by atoms with E-state index in [1.54, 1.807) is 43.5 Å². The minimum absolute atomic E-state index is 0.0954. The number of hydrogen-bond donors (Lipinski definition) is 1. The minimum Gasteiger partial charge on any atom is -0.486 e. The zero-order chi connectivity index (χ0) is 19.2. The van der Waals surface area contributed by atoms with Gasteiger partial charge in [-0.2, -0.15) is 0 Å². The number of ether oxygens (including phenoxy) is 3. The first-order valence-electron chi connectivity index (χ1n) is 8.60. The Labute approximate surface area is 157 Å². The Hall–Kier alpha value is -3.29. The van der Waals surface area contributed by atoms with Crippen LogP contribution in [0.1, 0.15) is 17.3 Å². The lowest BCUT2D eigenvalue weighted by molar-refractivity contribution is -0.116. The van der Waals surface area contributed by atoms with Crippen LogP contribution in [0.4, 0.5) is 5.69 Å². The molecule has 8 nitrogen and oxygen atoms in total. The largest absolute Gasteiger partial charge is 0.486 e. The molecule has 27 heavy (non-hydrogen) atoms. The topological polar surface area (TPSA) is 90.0 Å². The van der Waals surface area contributed by atoms with Crippen molar-refractivity contribution in [1.29, 1.82) is 0 Å². The molecule has 1 aliphatic rings. The number of carbonyl (C=O) groups excluding carboxylic acids is 2. The summed E-state index contributed by atoms with van der Waals surface area (Å²) in [5.41, 5.74) is 0.890. The van der Waals surface area contributed by atoms with Crippen LogP contribution in [-0.4, -0.2) is 55.1 Å². The molecule has 1 N–H and O–H groups in total. The third kappa shape index (κ3) is 4.28. The van der Waals surface area contributed by atoms with E-state index in [1.807, 2.05) is 0 Å². The summed E-state index contributed by atoms with van der Waals surface area (Å²) in [4.78, 5) is 30.6. The predicted molar refractivity (Wildman–Crippen MR) is 98.4 cm³/mol. The highest BCUT2D eigenvalue weighted by Gasteiger charge is 2.21. The number of likely N-dealkylation sites (N-methyl/N-ethyl adjacent to an activating group) is 1.